The van der Waals surface area contributed by atoms with Crippen LogP contribution < -0.4 is 11.1 Å². The van der Waals surface area contributed by atoms with Gasteiger partial charge in [0.05, 0.1) is 6.10 Å². The van der Waals surface area contributed by atoms with E-state index in [0.29, 0.717) is 6.54 Å². The SMILES string of the molecule is Cl.Cl.Nc1ccc(CCNCC(O)c2ccccc2)cc1. The average molecular weight is 329 g/mol. The van der Waals surface area contributed by atoms with E-state index >= 15 is 0 Å². The van der Waals surface area contributed by atoms with E-state index in [9.17, 15) is 5.11 Å². The van der Waals surface area contributed by atoms with Crippen molar-refractivity contribution in [2.24, 2.45) is 0 Å². The maximum absolute atomic E-state index is 9.98. The van der Waals surface area contributed by atoms with E-state index < -0.39 is 6.10 Å². The molecule has 0 saturated carbocycles. The Morgan fingerprint density at radius 2 is 1.57 bits per heavy atom. The van der Waals surface area contributed by atoms with Crippen LogP contribution in [0.4, 0.5) is 5.69 Å². The third-order valence-corrected chi connectivity index (χ3v) is 3.09. The number of nitrogens with one attached hydrogen (secondary N) is 1. The summed E-state index contributed by atoms with van der Waals surface area (Å²) in [6, 6.07) is 17.6. The minimum atomic E-state index is -0.451. The van der Waals surface area contributed by atoms with Gasteiger partial charge in [-0.15, -0.1) is 24.8 Å². The van der Waals surface area contributed by atoms with Gasteiger partial charge in [-0.05, 0) is 36.2 Å². The van der Waals surface area contributed by atoms with Gasteiger partial charge < -0.3 is 16.2 Å². The maximum atomic E-state index is 9.98. The molecule has 0 radical (unpaired) electrons. The number of hydrogen-bond donors (Lipinski definition) is 3. The van der Waals surface area contributed by atoms with Crippen LogP contribution in [0.15, 0.2) is 54.6 Å². The lowest BCUT2D eigenvalue weighted by molar-refractivity contribution is 0.175. The molecule has 2 aromatic rings. The summed E-state index contributed by atoms with van der Waals surface area (Å²) in [5.41, 5.74) is 8.62. The molecule has 5 heteroatoms. The molecule has 0 fully saturated rings. The Morgan fingerprint density at radius 1 is 0.952 bits per heavy atom. The van der Waals surface area contributed by atoms with E-state index in [0.717, 1.165) is 24.2 Å². The van der Waals surface area contributed by atoms with Crippen molar-refractivity contribution in [3.05, 3.63) is 65.7 Å². The molecule has 4 N–H and O–H groups in total. The molecular weight excluding hydrogens is 307 g/mol. The average Bonchev–Trinajstić information content (AvgIpc) is 2.46. The maximum Gasteiger partial charge on any atom is 0.0914 e. The third-order valence-electron chi connectivity index (χ3n) is 3.09. The fourth-order valence-electron chi connectivity index (χ4n) is 1.95. The third kappa shape index (κ3) is 6.82. The minimum Gasteiger partial charge on any atom is -0.399 e. The molecule has 2 aromatic carbocycles. The first-order valence-corrected chi connectivity index (χ1v) is 6.54. The molecule has 0 spiro atoms. The van der Waals surface area contributed by atoms with Crippen molar-refractivity contribution in [3.63, 3.8) is 0 Å². The summed E-state index contributed by atoms with van der Waals surface area (Å²) in [7, 11) is 0. The summed E-state index contributed by atoms with van der Waals surface area (Å²) in [5, 5.41) is 13.2. The Balaban J connectivity index is 0.00000200. The van der Waals surface area contributed by atoms with Crippen LogP contribution in [0.25, 0.3) is 0 Å². The van der Waals surface area contributed by atoms with Gasteiger partial charge in [-0.1, -0.05) is 42.5 Å². The normalized spacial score (nSPS) is 11.1. The second kappa shape index (κ2) is 10.5. The first kappa shape index (κ1) is 19.7. The Bertz CT molecular complexity index is 491. The van der Waals surface area contributed by atoms with E-state index in [1.165, 1.54) is 5.56 Å². The predicted octanol–water partition coefficient (Wildman–Crippen LogP) is 2.98. The highest BCUT2D eigenvalue weighted by atomic mass is 35.5. The molecular formula is C16H22Cl2N2O. The van der Waals surface area contributed by atoms with E-state index in [-0.39, 0.29) is 24.8 Å². The summed E-state index contributed by atoms with van der Waals surface area (Å²) in [6.45, 7) is 1.41. The molecule has 0 saturated heterocycles. The first-order valence-electron chi connectivity index (χ1n) is 6.54. The molecule has 0 heterocycles. The van der Waals surface area contributed by atoms with Crippen molar-refractivity contribution in [3.8, 4) is 0 Å². The number of hydrogen-bond acceptors (Lipinski definition) is 3. The topological polar surface area (TPSA) is 58.3 Å². The Hall–Kier alpha value is -1.26. The molecule has 0 bridgehead atoms. The van der Waals surface area contributed by atoms with Gasteiger partial charge in [-0.25, -0.2) is 0 Å². The number of anilines is 1. The monoisotopic (exact) mass is 328 g/mol. The van der Waals surface area contributed by atoms with E-state index in [1.807, 2.05) is 54.6 Å². The van der Waals surface area contributed by atoms with Crippen LogP contribution in [0.2, 0.25) is 0 Å². The lowest BCUT2D eigenvalue weighted by atomic mass is 10.1. The highest BCUT2D eigenvalue weighted by molar-refractivity contribution is 5.85. The van der Waals surface area contributed by atoms with Crippen LogP contribution in [0, 0.1) is 0 Å². The molecule has 3 nitrogen and oxygen atoms in total. The number of aliphatic hydroxyl groups excluding tert-OH is 1. The minimum absolute atomic E-state index is 0. The number of aliphatic hydroxyl groups is 1. The second-order valence-corrected chi connectivity index (χ2v) is 4.62. The summed E-state index contributed by atoms with van der Waals surface area (Å²) in [4.78, 5) is 0. The number of rotatable bonds is 6. The van der Waals surface area contributed by atoms with Gasteiger partial charge in [-0.3, -0.25) is 0 Å². The molecule has 0 amide bonds. The molecule has 21 heavy (non-hydrogen) atoms. The fourth-order valence-corrected chi connectivity index (χ4v) is 1.95. The molecule has 2 rings (SSSR count). The Morgan fingerprint density at radius 3 is 2.19 bits per heavy atom. The molecule has 1 atom stereocenters. The van der Waals surface area contributed by atoms with Crippen molar-refractivity contribution >= 4 is 30.5 Å². The smallest absolute Gasteiger partial charge is 0.0914 e. The Kier molecular flexibility index (Phi) is 9.84. The molecule has 0 aromatic heterocycles. The zero-order valence-electron chi connectivity index (χ0n) is 11.7. The summed E-state index contributed by atoms with van der Waals surface area (Å²) in [5.74, 6) is 0. The van der Waals surface area contributed by atoms with Crippen LogP contribution >= 0.6 is 24.8 Å². The van der Waals surface area contributed by atoms with E-state index in [1.54, 1.807) is 0 Å². The molecule has 1 unspecified atom stereocenters. The van der Waals surface area contributed by atoms with Crippen molar-refractivity contribution in [2.75, 3.05) is 18.8 Å². The largest absolute Gasteiger partial charge is 0.399 e. The van der Waals surface area contributed by atoms with Gasteiger partial charge in [0.15, 0.2) is 0 Å². The van der Waals surface area contributed by atoms with Gasteiger partial charge >= 0.3 is 0 Å². The lowest BCUT2D eigenvalue weighted by Gasteiger charge is -2.12. The van der Waals surface area contributed by atoms with Crippen molar-refractivity contribution < 1.29 is 5.11 Å². The van der Waals surface area contributed by atoms with Crippen LogP contribution in [-0.2, 0) is 6.42 Å². The molecule has 0 aliphatic heterocycles. The number of nitrogen functional groups attached to an aromatic ring is 1. The van der Waals surface area contributed by atoms with Crippen molar-refractivity contribution in [2.45, 2.75) is 12.5 Å². The summed E-state index contributed by atoms with van der Waals surface area (Å²) < 4.78 is 0. The fraction of sp³-hybridized carbons (Fsp3) is 0.250. The van der Waals surface area contributed by atoms with Gasteiger partial charge in [0.25, 0.3) is 0 Å². The van der Waals surface area contributed by atoms with Gasteiger partial charge in [-0.2, -0.15) is 0 Å². The number of nitrogens with two attached hydrogens (primary N) is 1. The zero-order chi connectivity index (χ0) is 13.5. The highest BCUT2D eigenvalue weighted by Gasteiger charge is 2.05. The molecule has 116 valence electrons. The second-order valence-electron chi connectivity index (χ2n) is 4.62. The van der Waals surface area contributed by atoms with Crippen LogP contribution in [0.1, 0.15) is 17.2 Å². The highest BCUT2D eigenvalue weighted by Crippen LogP contribution is 2.10. The Labute approximate surface area is 138 Å². The van der Waals surface area contributed by atoms with Crippen LogP contribution in [-0.4, -0.2) is 18.2 Å². The van der Waals surface area contributed by atoms with Crippen LogP contribution in [0.3, 0.4) is 0 Å². The number of halogens is 2. The van der Waals surface area contributed by atoms with Crippen molar-refractivity contribution in [1.82, 2.24) is 5.32 Å². The van der Waals surface area contributed by atoms with E-state index in [2.05, 4.69) is 5.32 Å². The zero-order valence-corrected chi connectivity index (χ0v) is 13.4. The standard InChI is InChI=1S/C16H20N2O.2ClH/c17-15-8-6-13(7-9-15)10-11-18-12-16(19)14-4-2-1-3-5-14;;/h1-9,16,18-19H,10-12,17H2;2*1H. The van der Waals surface area contributed by atoms with Gasteiger partial charge in [0.2, 0.25) is 0 Å². The van der Waals surface area contributed by atoms with Gasteiger partial charge in [0.1, 0.15) is 0 Å². The summed E-state index contributed by atoms with van der Waals surface area (Å²) >= 11 is 0. The quantitative estimate of drug-likeness (QED) is 0.564. The van der Waals surface area contributed by atoms with E-state index in [4.69, 9.17) is 5.73 Å². The summed E-state index contributed by atoms with van der Waals surface area (Å²) in [6.07, 6.45) is 0.481. The van der Waals surface area contributed by atoms with Crippen LogP contribution in [0.5, 0.6) is 0 Å². The lowest BCUT2D eigenvalue weighted by Crippen LogP contribution is -2.23. The number of benzene rings is 2. The van der Waals surface area contributed by atoms with Gasteiger partial charge in [0, 0.05) is 12.2 Å². The first-order chi connectivity index (χ1) is 9.25. The van der Waals surface area contributed by atoms with Crippen molar-refractivity contribution in [1.29, 1.82) is 0 Å². The molecule has 0 aliphatic carbocycles. The predicted molar refractivity (Wildman–Crippen MR) is 93.3 cm³/mol. The molecule has 0 aliphatic rings.